The minimum Gasteiger partial charge on any atom is -2.00 e. The van der Waals surface area contributed by atoms with Crippen molar-refractivity contribution >= 4 is 0 Å². The van der Waals surface area contributed by atoms with E-state index in [1.807, 2.05) is 0 Å². The zero-order valence-corrected chi connectivity index (χ0v) is 4.98. The van der Waals surface area contributed by atoms with Crippen molar-refractivity contribution in [2.24, 2.45) is 0 Å². The van der Waals surface area contributed by atoms with Crippen LogP contribution in [-0.2, 0) is 33.3 Å². The first-order valence-electron chi connectivity index (χ1n) is 0. The normalized spacial score (nSPS) is 0. The van der Waals surface area contributed by atoms with E-state index in [2.05, 4.69) is 0 Å². The molecule has 1 radical (unpaired) electrons. The second kappa shape index (κ2) is 64.6. The topological polar surface area (TPSA) is 88.5 Å². The Morgan fingerprint density at radius 2 is 0.750 bits per heavy atom. The van der Waals surface area contributed by atoms with E-state index < -0.39 is 0 Å². The van der Waals surface area contributed by atoms with Gasteiger partial charge in [0.2, 0.25) is 0 Å². The SMILES string of the molecule is O.[O-2].[O-2].[Ta]. The molecule has 0 aliphatic rings. The smallest absolute Gasteiger partial charge is 0 e. The Hall–Kier alpha value is 0.620. The molecule has 0 aliphatic heterocycles. The maximum atomic E-state index is 0. The fourth-order valence-electron chi connectivity index (χ4n) is 0. The number of hydrogen-bond acceptors (Lipinski definition) is 0. The van der Waals surface area contributed by atoms with Crippen molar-refractivity contribution in [2.45, 2.75) is 0 Å². The molecule has 4 heavy (non-hydrogen) atoms. The minimum atomic E-state index is 0. The second-order valence-electron chi connectivity index (χ2n) is 0. The second-order valence-corrected chi connectivity index (χ2v) is 0. The third-order valence-electron chi connectivity index (χ3n) is 0. The Bertz CT molecular complexity index is 3.25. The van der Waals surface area contributed by atoms with Crippen LogP contribution < -0.4 is 0 Å². The Morgan fingerprint density at radius 3 is 0.750 bits per heavy atom. The van der Waals surface area contributed by atoms with E-state index in [0.29, 0.717) is 0 Å². The Kier molecular flexibility index (Phi) is 2540. The summed E-state index contributed by atoms with van der Waals surface area (Å²) < 4.78 is 0. The molecule has 0 unspecified atom stereocenters. The summed E-state index contributed by atoms with van der Waals surface area (Å²) in [7, 11) is 0. The summed E-state index contributed by atoms with van der Waals surface area (Å²) in [5.41, 5.74) is 0. The van der Waals surface area contributed by atoms with Crippen molar-refractivity contribution in [3.63, 3.8) is 0 Å². The predicted molar refractivity (Wildman–Crippen MR) is 4.99 cm³/mol. The van der Waals surface area contributed by atoms with Crippen LogP contribution in [0, 0.1) is 0 Å². The molecule has 4 heteroatoms. The van der Waals surface area contributed by atoms with Gasteiger partial charge in [-0.1, -0.05) is 0 Å². The Labute approximate surface area is 39.4 Å². The van der Waals surface area contributed by atoms with Crippen LogP contribution in [0.25, 0.3) is 0 Å². The number of rotatable bonds is 0. The molecule has 0 bridgehead atoms. The fraction of sp³-hybridized carbons (Fsp3) is 0. The van der Waals surface area contributed by atoms with Crippen molar-refractivity contribution in [1.29, 1.82) is 0 Å². The number of hydrogen-bond donors (Lipinski definition) is 0. The molecule has 3 nitrogen and oxygen atoms in total. The van der Waals surface area contributed by atoms with Crippen LogP contribution >= 0.6 is 0 Å². The third kappa shape index (κ3) is 17.9. The van der Waals surface area contributed by atoms with E-state index in [9.17, 15) is 0 Å². The monoisotopic (exact) mass is 231 g/mol. The first kappa shape index (κ1) is 157. The van der Waals surface area contributed by atoms with Gasteiger partial charge in [0.25, 0.3) is 0 Å². The molecule has 0 spiro atoms. The van der Waals surface area contributed by atoms with Crippen molar-refractivity contribution in [2.75, 3.05) is 0 Å². The zero-order chi connectivity index (χ0) is 0. The maximum absolute atomic E-state index is 0. The van der Waals surface area contributed by atoms with Crippen molar-refractivity contribution in [3.8, 4) is 0 Å². The van der Waals surface area contributed by atoms with Gasteiger partial charge >= 0.3 is 0 Å². The van der Waals surface area contributed by atoms with Crippen LogP contribution in [0.5, 0.6) is 0 Å². The van der Waals surface area contributed by atoms with Crippen molar-refractivity contribution in [3.05, 3.63) is 0 Å². The molecular weight excluding hydrogens is 229 g/mol. The van der Waals surface area contributed by atoms with E-state index in [1.165, 1.54) is 0 Å². The molecule has 0 saturated heterocycles. The summed E-state index contributed by atoms with van der Waals surface area (Å²) >= 11 is 0. The predicted octanol–water partition coefficient (Wildman–Crippen LogP) is -1.06. The molecule has 0 amide bonds. The Balaban J connectivity index is 0. The van der Waals surface area contributed by atoms with Crippen LogP contribution in [0.15, 0.2) is 0 Å². The fourth-order valence-corrected chi connectivity index (χ4v) is 0. The third-order valence-corrected chi connectivity index (χ3v) is 0. The van der Waals surface area contributed by atoms with Crippen LogP contribution in [0.2, 0.25) is 0 Å². The van der Waals surface area contributed by atoms with Gasteiger partial charge in [-0.25, -0.2) is 0 Å². The molecule has 0 rings (SSSR count). The van der Waals surface area contributed by atoms with E-state index in [-0.39, 0.29) is 38.8 Å². The molecular formula is H2O3Ta-4. The summed E-state index contributed by atoms with van der Waals surface area (Å²) in [4.78, 5) is 0. The van der Waals surface area contributed by atoms with Gasteiger partial charge in [-0.2, -0.15) is 0 Å². The van der Waals surface area contributed by atoms with Gasteiger partial charge in [0.05, 0.1) is 0 Å². The van der Waals surface area contributed by atoms with Gasteiger partial charge in [-0.05, 0) is 0 Å². The van der Waals surface area contributed by atoms with Gasteiger partial charge in [-0.15, -0.1) is 0 Å². The van der Waals surface area contributed by atoms with E-state index in [1.54, 1.807) is 0 Å². The van der Waals surface area contributed by atoms with E-state index in [4.69, 9.17) is 0 Å². The van der Waals surface area contributed by atoms with E-state index in [0.717, 1.165) is 0 Å². The standard InChI is InChI=1S/H2O.2O.Ta/h1H2;;;/q;2*-2;. The average molecular weight is 231 g/mol. The quantitative estimate of drug-likeness (QED) is 0.508. The van der Waals surface area contributed by atoms with Gasteiger partial charge in [0.1, 0.15) is 0 Å². The molecule has 0 atom stereocenters. The summed E-state index contributed by atoms with van der Waals surface area (Å²) in [6.45, 7) is 0. The molecule has 0 fully saturated rings. The maximum Gasteiger partial charge on any atom is 0 e. The molecule has 0 heterocycles. The van der Waals surface area contributed by atoms with Crippen molar-refractivity contribution < 1.29 is 38.8 Å². The molecule has 29 valence electrons. The van der Waals surface area contributed by atoms with E-state index >= 15 is 0 Å². The molecule has 0 aromatic heterocycles. The largest absolute Gasteiger partial charge is 2.00 e. The first-order chi connectivity index (χ1) is 0. The molecule has 0 saturated carbocycles. The van der Waals surface area contributed by atoms with Gasteiger partial charge in [-0.3, -0.25) is 0 Å². The summed E-state index contributed by atoms with van der Waals surface area (Å²) in [6.07, 6.45) is 0. The summed E-state index contributed by atoms with van der Waals surface area (Å²) in [5, 5.41) is 0. The van der Waals surface area contributed by atoms with Gasteiger partial charge in [0.15, 0.2) is 0 Å². The average Bonchev–Trinajstić information content (AvgIpc) is 0. The minimum absolute atomic E-state index is 0. The first-order valence-corrected chi connectivity index (χ1v) is 0. The summed E-state index contributed by atoms with van der Waals surface area (Å²) in [6, 6.07) is 0. The molecule has 0 aliphatic carbocycles. The van der Waals surface area contributed by atoms with Crippen LogP contribution in [0.1, 0.15) is 0 Å². The zero-order valence-electron chi connectivity index (χ0n) is 1.76. The molecule has 2 N–H and O–H groups in total. The van der Waals surface area contributed by atoms with Crippen molar-refractivity contribution in [1.82, 2.24) is 0 Å². The Morgan fingerprint density at radius 1 is 0.750 bits per heavy atom. The molecule has 0 aromatic carbocycles. The van der Waals surface area contributed by atoms with Gasteiger partial charge in [0, 0.05) is 22.4 Å². The summed E-state index contributed by atoms with van der Waals surface area (Å²) in [5.74, 6) is 0. The molecule has 0 aromatic rings. The van der Waals surface area contributed by atoms with Crippen LogP contribution in [-0.4, -0.2) is 5.48 Å². The van der Waals surface area contributed by atoms with Gasteiger partial charge < -0.3 is 16.4 Å². The van der Waals surface area contributed by atoms with Crippen LogP contribution in [0.4, 0.5) is 0 Å². The van der Waals surface area contributed by atoms with Crippen LogP contribution in [0.3, 0.4) is 0 Å².